The molecule has 2 aromatic rings. The van der Waals surface area contributed by atoms with Gasteiger partial charge in [-0.2, -0.15) is 9.40 Å². The Morgan fingerprint density at radius 1 is 1.03 bits per heavy atom. The van der Waals surface area contributed by atoms with Gasteiger partial charge in [-0.15, -0.1) is 0 Å². The zero-order valence-electron chi connectivity index (χ0n) is 18.1. The van der Waals surface area contributed by atoms with Crippen LogP contribution in [0.3, 0.4) is 0 Å². The minimum atomic E-state index is -3.94. The van der Waals surface area contributed by atoms with E-state index in [4.69, 9.17) is 9.47 Å². The number of aryl methyl sites for hydroxylation is 1. The second-order valence-corrected chi connectivity index (χ2v) is 9.65. The fourth-order valence-corrected chi connectivity index (χ4v) is 5.77. The van der Waals surface area contributed by atoms with E-state index in [1.54, 1.807) is 11.1 Å². The van der Waals surface area contributed by atoms with Gasteiger partial charge in [0.25, 0.3) is 5.91 Å². The van der Waals surface area contributed by atoms with Gasteiger partial charge in [-0.3, -0.25) is 9.48 Å². The topological polar surface area (TPSA) is 111 Å². The van der Waals surface area contributed by atoms with Crippen molar-refractivity contribution in [3.8, 4) is 5.75 Å². The Hall–Kier alpha value is -2.92. The summed E-state index contributed by atoms with van der Waals surface area (Å²) in [6.07, 6.45) is 4.53. The number of sulfonamides is 1. The zero-order chi connectivity index (χ0) is 22.9. The van der Waals surface area contributed by atoms with E-state index < -0.39 is 16.0 Å². The first-order chi connectivity index (χ1) is 15.4. The molecule has 10 nitrogen and oxygen atoms in total. The van der Waals surface area contributed by atoms with E-state index in [2.05, 4.69) is 5.10 Å². The third-order valence-corrected chi connectivity index (χ3v) is 7.86. The van der Waals surface area contributed by atoms with Crippen molar-refractivity contribution in [2.75, 3.05) is 40.4 Å². The number of methoxy groups -OCH3 is 2. The molecule has 1 aromatic carbocycles. The molecule has 0 atom stereocenters. The number of nitrogens with zero attached hydrogens (tertiary/aromatic N) is 4. The number of hydrogen-bond acceptors (Lipinski definition) is 7. The van der Waals surface area contributed by atoms with Crippen LogP contribution < -0.4 is 4.74 Å². The molecule has 1 fully saturated rings. The number of esters is 1. The van der Waals surface area contributed by atoms with Crippen molar-refractivity contribution >= 4 is 21.9 Å². The predicted octanol–water partition coefficient (Wildman–Crippen LogP) is 1.16. The maximum absolute atomic E-state index is 13.3. The number of carbonyl (C=O) groups is 2. The van der Waals surface area contributed by atoms with E-state index in [0.717, 1.165) is 31.5 Å². The molecule has 1 saturated heterocycles. The van der Waals surface area contributed by atoms with E-state index in [1.165, 1.54) is 36.7 Å². The normalized spacial score (nSPS) is 17.0. The molecule has 172 valence electrons. The lowest BCUT2D eigenvalue weighted by Crippen LogP contribution is -2.50. The van der Waals surface area contributed by atoms with E-state index in [-0.39, 0.29) is 48.3 Å². The summed E-state index contributed by atoms with van der Waals surface area (Å²) in [7, 11) is -1.34. The monoisotopic (exact) mass is 462 g/mol. The van der Waals surface area contributed by atoms with Gasteiger partial charge in [0.15, 0.2) is 0 Å². The number of rotatable bonds is 5. The molecule has 0 radical (unpaired) electrons. The lowest BCUT2D eigenvalue weighted by atomic mass is 10.1. The van der Waals surface area contributed by atoms with Crippen molar-refractivity contribution in [1.29, 1.82) is 0 Å². The predicted molar refractivity (Wildman–Crippen MR) is 114 cm³/mol. The highest BCUT2D eigenvalue weighted by Gasteiger charge is 2.34. The van der Waals surface area contributed by atoms with Crippen LogP contribution in [0.4, 0.5) is 0 Å². The minimum absolute atomic E-state index is 0.103. The maximum atomic E-state index is 13.3. The van der Waals surface area contributed by atoms with E-state index in [1.807, 2.05) is 4.68 Å². The Morgan fingerprint density at radius 3 is 2.47 bits per heavy atom. The summed E-state index contributed by atoms with van der Waals surface area (Å²) < 4.78 is 39.7. The van der Waals surface area contributed by atoms with Crippen LogP contribution in [0.1, 0.15) is 39.3 Å². The molecule has 2 aliphatic heterocycles. The number of ether oxygens (including phenoxy) is 2. The van der Waals surface area contributed by atoms with Gasteiger partial charge in [0, 0.05) is 32.7 Å². The van der Waals surface area contributed by atoms with Gasteiger partial charge < -0.3 is 14.4 Å². The Balaban J connectivity index is 1.51. The average molecular weight is 463 g/mol. The van der Waals surface area contributed by atoms with E-state index in [9.17, 15) is 18.0 Å². The number of amides is 1. The number of hydrogen-bond donors (Lipinski definition) is 0. The molecule has 2 aliphatic rings. The van der Waals surface area contributed by atoms with Gasteiger partial charge in [0.2, 0.25) is 10.0 Å². The van der Waals surface area contributed by atoms with Gasteiger partial charge >= 0.3 is 5.97 Å². The largest absolute Gasteiger partial charge is 0.495 e. The van der Waals surface area contributed by atoms with Gasteiger partial charge in [-0.1, -0.05) is 0 Å². The third kappa shape index (κ3) is 3.97. The molecule has 0 bridgehead atoms. The number of aromatic nitrogens is 2. The van der Waals surface area contributed by atoms with Gasteiger partial charge in [-0.05, 0) is 37.5 Å². The number of fused-ring (bicyclic) bond motifs is 1. The molecule has 1 aromatic heterocycles. The maximum Gasteiger partial charge on any atom is 0.337 e. The summed E-state index contributed by atoms with van der Waals surface area (Å²) in [5, 5.41) is 4.33. The van der Waals surface area contributed by atoms with Gasteiger partial charge in [0.1, 0.15) is 10.6 Å². The van der Waals surface area contributed by atoms with Crippen LogP contribution in [0, 0.1) is 0 Å². The fourth-order valence-electron chi connectivity index (χ4n) is 4.16. The summed E-state index contributed by atoms with van der Waals surface area (Å²) in [4.78, 5) is 26.5. The van der Waals surface area contributed by atoms with E-state index >= 15 is 0 Å². The Morgan fingerprint density at radius 2 is 1.78 bits per heavy atom. The highest BCUT2D eigenvalue weighted by atomic mass is 32.2. The number of benzene rings is 1. The SMILES string of the molecule is COC(=O)c1ccc(OC)c(S(=O)(=O)N2CCN(C(=O)c3cnn4c3CCCC4)CC2)c1. The molecular weight excluding hydrogens is 436 g/mol. The van der Waals surface area contributed by atoms with Crippen LogP contribution in [0.15, 0.2) is 29.3 Å². The van der Waals surface area contributed by atoms with Crippen molar-refractivity contribution in [2.24, 2.45) is 0 Å². The lowest BCUT2D eigenvalue weighted by molar-refractivity contribution is 0.0599. The highest BCUT2D eigenvalue weighted by Crippen LogP contribution is 2.29. The summed E-state index contributed by atoms with van der Waals surface area (Å²) in [6.45, 7) is 1.64. The molecule has 0 saturated carbocycles. The first kappa shape index (κ1) is 22.3. The molecule has 3 heterocycles. The Kier molecular flexibility index (Phi) is 6.20. The molecule has 32 heavy (non-hydrogen) atoms. The summed E-state index contributed by atoms with van der Waals surface area (Å²) in [6, 6.07) is 4.14. The minimum Gasteiger partial charge on any atom is -0.495 e. The fraction of sp³-hybridized carbons (Fsp3) is 0.476. The highest BCUT2D eigenvalue weighted by molar-refractivity contribution is 7.89. The first-order valence-corrected chi connectivity index (χ1v) is 11.9. The quantitative estimate of drug-likeness (QED) is 0.613. The van der Waals surface area contributed by atoms with Crippen molar-refractivity contribution in [2.45, 2.75) is 30.7 Å². The second kappa shape index (κ2) is 8.91. The van der Waals surface area contributed by atoms with Crippen LogP contribution in [0.25, 0.3) is 0 Å². The Labute approximate surface area is 186 Å². The van der Waals surface area contributed by atoms with Crippen molar-refractivity contribution in [3.63, 3.8) is 0 Å². The Bertz CT molecular complexity index is 1140. The molecule has 4 rings (SSSR count). The average Bonchev–Trinajstić information content (AvgIpc) is 3.27. The third-order valence-electron chi connectivity index (χ3n) is 5.94. The van der Waals surface area contributed by atoms with E-state index in [0.29, 0.717) is 5.56 Å². The number of carbonyl (C=O) groups excluding carboxylic acids is 2. The second-order valence-electron chi connectivity index (χ2n) is 7.74. The first-order valence-electron chi connectivity index (χ1n) is 10.5. The summed E-state index contributed by atoms with van der Waals surface area (Å²) >= 11 is 0. The molecule has 0 N–H and O–H groups in total. The summed E-state index contributed by atoms with van der Waals surface area (Å²) in [5.41, 5.74) is 1.68. The molecule has 1 amide bonds. The van der Waals surface area contributed by atoms with Crippen molar-refractivity contribution in [3.05, 3.63) is 41.2 Å². The lowest BCUT2D eigenvalue weighted by Gasteiger charge is -2.34. The van der Waals surface area contributed by atoms with Crippen LogP contribution in [0.5, 0.6) is 5.75 Å². The summed E-state index contributed by atoms with van der Waals surface area (Å²) in [5.74, 6) is -0.609. The molecule has 0 aliphatic carbocycles. The van der Waals surface area contributed by atoms with Crippen molar-refractivity contribution < 1.29 is 27.5 Å². The molecular formula is C21H26N4O6S. The van der Waals surface area contributed by atoms with Gasteiger partial charge in [-0.25, -0.2) is 13.2 Å². The van der Waals surface area contributed by atoms with Gasteiger partial charge in [0.05, 0.1) is 37.2 Å². The van der Waals surface area contributed by atoms with Crippen LogP contribution in [-0.4, -0.2) is 79.7 Å². The number of piperazine rings is 1. The standard InChI is InChI=1S/C21H26N4O6S/c1-30-18-7-6-15(21(27)31-2)13-19(18)32(28,29)24-11-9-23(10-12-24)20(26)16-14-22-25-8-4-3-5-17(16)25/h6-7,13-14H,3-5,8-12H2,1-2H3. The zero-order valence-corrected chi connectivity index (χ0v) is 18.9. The molecule has 0 spiro atoms. The molecule has 11 heteroatoms. The van der Waals surface area contributed by atoms with Crippen LogP contribution in [-0.2, 0) is 27.7 Å². The van der Waals surface area contributed by atoms with Crippen LogP contribution >= 0.6 is 0 Å². The van der Waals surface area contributed by atoms with Crippen LogP contribution in [0.2, 0.25) is 0 Å². The van der Waals surface area contributed by atoms with Crippen molar-refractivity contribution in [1.82, 2.24) is 19.0 Å². The molecule has 0 unspecified atom stereocenters. The smallest absolute Gasteiger partial charge is 0.337 e.